The van der Waals surface area contributed by atoms with Crippen LogP contribution in [0.25, 0.3) is 0 Å². The molecule has 1 aromatic rings. The van der Waals surface area contributed by atoms with Crippen LogP contribution in [0.4, 0.5) is 0 Å². The fraction of sp³-hybridized carbons (Fsp3) is 0.500. The molecule has 6 nitrogen and oxygen atoms in total. The highest BCUT2D eigenvalue weighted by Gasteiger charge is 2.28. The van der Waals surface area contributed by atoms with Crippen LogP contribution in [0.5, 0.6) is 0 Å². The first-order chi connectivity index (χ1) is 9.95. The monoisotopic (exact) mass is 345 g/mol. The van der Waals surface area contributed by atoms with Crippen molar-refractivity contribution in [2.24, 2.45) is 5.73 Å². The number of sulfonamides is 1. The number of hydrogen-bond acceptors (Lipinski definition) is 4. The molecule has 0 spiro atoms. The molecule has 0 aromatic heterocycles. The molecule has 1 aromatic carbocycles. The zero-order valence-corrected chi connectivity index (χ0v) is 13.7. The van der Waals surface area contributed by atoms with Crippen molar-refractivity contribution in [1.29, 1.82) is 0 Å². The maximum absolute atomic E-state index is 12.2. The lowest BCUT2D eigenvalue weighted by Gasteiger charge is -2.16. The summed E-state index contributed by atoms with van der Waals surface area (Å²) in [4.78, 5) is 14.1. The summed E-state index contributed by atoms with van der Waals surface area (Å²) < 4.78 is 26.7. The van der Waals surface area contributed by atoms with Gasteiger partial charge in [-0.05, 0) is 43.5 Å². The van der Waals surface area contributed by atoms with E-state index in [4.69, 9.17) is 5.73 Å². The third kappa shape index (κ3) is 3.78. The van der Waals surface area contributed by atoms with Gasteiger partial charge in [0, 0.05) is 30.7 Å². The quantitative estimate of drug-likeness (QED) is 0.841. The van der Waals surface area contributed by atoms with Gasteiger partial charge < -0.3 is 10.6 Å². The normalized spacial score (nSPS) is 21.5. The molecule has 1 amide bonds. The summed E-state index contributed by atoms with van der Waals surface area (Å²) in [5.74, 6) is -0.0953. The molecule has 3 N–H and O–H groups in total. The van der Waals surface area contributed by atoms with E-state index in [1.807, 2.05) is 0 Å². The van der Waals surface area contributed by atoms with Crippen molar-refractivity contribution >= 4 is 28.3 Å². The lowest BCUT2D eigenvalue weighted by molar-refractivity contribution is 0.0791. The van der Waals surface area contributed by atoms with Crippen LogP contribution in [0.15, 0.2) is 29.2 Å². The number of amides is 1. The molecule has 122 valence electrons. The third-order valence-electron chi connectivity index (χ3n) is 3.82. The highest BCUT2D eigenvalue weighted by molar-refractivity contribution is 7.89. The van der Waals surface area contributed by atoms with E-state index in [-0.39, 0.29) is 35.3 Å². The summed E-state index contributed by atoms with van der Waals surface area (Å²) in [5.41, 5.74) is 6.29. The molecular weight excluding hydrogens is 326 g/mol. The maximum Gasteiger partial charge on any atom is 0.253 e. The maximum atomic E-state index is 12.2. The molecule has 1 saturated carbocycles. The van der Waals surface area contributed by atoms with Gasteiger partial charge in [-0.1, -0.05) is 0 Å². The Morgan fingerprint density at radius 3 is 2.32 bits per heavy atom. The van der Waals surface area contributed by atoms with Gasteiger partial charge in [0.1, 0.15) is 0 Å². The van der Waals surface area contributed by atoms with Crippen molar-refractivity contribution in [3.63, 3.8) is 0 Å². The number of halogens is 1. The van der Waals surface area contributed by atoms with Crippen molar-refractivity contribution in [2.75, 3.05) is 13.1 Å². The minimum absolute atomic E-state index is 0. The number of benzene rings is 1. The van der Waals surface area contributed by atoms with E-state index in [1.54, 1.807) is 17.0 Å². The Kier molecular flexibility index (Phi) is 5.11. The van der Waals surface area contributed by atoms with Gasteiger partial charge in [-0.2, -0.15) is 0 Å². The lowest BCUT2D eigenvalue weighted by Crippen LogP contribution is -2.32. The predicted molar refractivity (Wildman–Crippen MR) is 85.5 cm³/mol. The highest BCUT2D eigenvalue weighted by atomic mass is 35.5. The Bertz CT molecular complexity index is 644. The second-order valence-corrected chi connectivity index (χ2v) is 7.43. The fourth-order valence-electron chi connectivity index (χ4n) is 2.42. The summed E-state index contributed by atoms with van der Waals surface area (Å²) in [6.45, 7) is 1.21. The minimum Gasteiger partial charge on any atom is -0.337 e. The molecule has 1 saturated heterocycles. The molecule has 0 radical (unpaired) electrons. The summed E-state index contributed by atoms with van der Waals surface area (Å²) in [6.07, 6.45) is 2.60. The second-order valence-electron chi connectivity index (χ2n) is 5.72. The Labute approximate surface area is 136 Å². The SMILES string of the molecule is Cl.N[C@@H]1CCN(C(=O)c2ccc(S(=O)(=O)NC3CC3)cc2)C1. The summed E-state index contributed by atoms with van der Waals surface area (Å²) in [6, 6.07) is 6.20. The van der Waals surface area contributed by atoms with Crippen molar-refractivity contribution in [3.8, 4) is 0 Å². The fourth-order valence-corrected chi connectivity index (χ4v) is 3.72. The summed E-state index contributed by atoms with van der Waals surface area (Å²) in [5, 5.41) is 0. The van der Waals surface area contributed by atoms with Gasteiger partial charge >= 0.3 is 0 Å². The van der Waals surface area contributed by atoms with E-state index in [9.17, 15) is 13.2 Å². The van der Waals surface area contributed by atoms with E-state index in [1.165, 1.54) is 12.1 Å². The van der Waals surface area contributed by atoms with Crippen LogP contribution < -0.4 is 10.5 Å². The van der Waals surface area contributed by atoms with Crippen LogP contribution in [-0.2, 0) is 10.0 Å². The van der Waals surface area contributed by atoms with Crippen LogP contribution in [0, 0.1) is 0 Å². The van der Waals surface area contributed by atoms with Gasteiger partial charge in [-0.15, -0.1) is 12.4 Å². The Morgan fingerprint density at radius 1 is 1.18 bits per heavy atom. The first-order valence-corrected chi connectivity index (χ1v) is 8.61. The molecule has 1 aliphatic carbocycles. The molecule has 0 bridgehead atoms. The smallest absolute Gasteiger partial charge is 0.253 e. The van der Waals surface area contributed by atoms with Gasteiger partial charge in [0.2, 0.25) is 10.0 Å². The molecule has 1 heterocycles. The van der Waals surface area contributed by atoms with Crippen LogP contribution in [0.1, 0.15) is 29.6 Å². The largest absolute Gasteiger partial charge is 0.337 e. The van der Waals surface area contributed by atoms with Crippen molar-refractivity contribution < 1.29 is 13.2 Å². The van der Waals surface area contributed by atoms with Gasteiger partial charge in [-0.3, -0.25) is 4.79 Å². The van der Waals surface area contributed by atoms with E-state index in [0.29, 0.717) is 18.7 Å². The van der Waals surface area contributed by atoms with E-state index >= 15 is 0 Å². The second kappa shape index (κ2) is 6.54. The third-order valence-corrected chi connectivity index (χ3v) is 5.36. The summed E-state index contributed by atoms with van der Waals surface area (Å²) in [7, 11) is -3.46. The van der Waals surface area contributed by atoms with Crippen molar-refractivity contribution in [2.45, 2.75) is 36.2 Å². The molecular formula is C14H20ClN3O3S. The number of carbonyl (C=O) groups is 1. The van der Waals surface area contributed by atoms with Crippen LogP contribution >= 0.6 is 12.4 Å². The minimum atomic E-state index is -3.46. The topological polar surface area (TPSA) is 92.5 Å². The van der Waals surface area contributed by atoms with Crippen LogP contribution in [0.2, 0.25) is 0 Å². The molecule has 2 aliphatic rings. The van der Waals surface area contributed by atoms with Crippen LogP contribution in [-0.4, -0.2) is 44.4 Å². The summed E-state index contributed by atoms with van der Waals surface area (Å²) >= 11 is 0. The zero-order valence-electron chi connectivity index (χ0n) is 12.1. The number of carbonyl (C=O) groups excluding carboxylic acids is 1. The number of nitrogens with one attached hydrogen (secondary N) is 1. The standard InChI is InChI=1S/C14H19N3O3S.ClH/c15-11-7-8-17(9-11)14(18)10-1-5-13(6-2-10)21(19,20)16-12-3-4-12;/h1-2,5-6,11-12,16H,3-4,7-9,15H2;1H/t11-;/m1./s1. The Balaban J connectivity index is 0.00000176. The average molecular weight is 346 g/mol. The molecule has 1 aliphatic heterocycles. The first kappa shape index (κ1) is 17.2. The number of rotatable bonds is 4. The average Bonchev–Trinajstić information content (AvgIpc) is 3.15. The highest BCUT2D eigenvalue weighted by Crippen LogP contribution is 2.22. The molecule has 8 heteroatoms. The van der Waals surface area contributed by atoms with E-state index in [2.05, 4.69) is 4.72 Å². The zero-order chi connectivity index (χ0) is 15.0. The van der Waals surface area contributed by atoms with E-state index < -0.39 is 10.0 Å². The lowest BCUT2D eigenvalue weighted by atomic mass is 10.2. The number of nitrogens with two attached hydrogens (primary N) is 1. The van der Waals surface area contributed by atoms with Crippen molar-refractivity contribution in [3.05, 3.63) is 29.8 Å². The Morgan fingerprint density at radius 2 is 1.82 bits per heavy atom. The molecule has 0 unspecified atom stereocenters. The number of hydrogen-bond donors (Lipinski definition) is 2. The molecule has 1 atom stereocenters. The number of likely N-dealkylation sites (tertiary alicyclic amines) is 1. The van der Waals surface area contributed by atoms with Gasteiger partial charge in [-0.25, -0.2) is 13.1 Å². The first-order valence-electron chi connectivity index (χ1n) is 7.13. The number of nitrogens with zero attached hydrogens (tertiary/aromatic N) is 1. The predicted octanol–water partition coefficient (Wildman–Crippen LogP) is 0.722. The molecule has 2 fully saturated rings. The van der Waals surface area contributed by atoms with Gasteiger partial charge in [0.15, 0.2) is 0 Å². The van der Waals surface area contributed by atoms with Gasteiger partial charge in [0.25, 0.3) is 5.91 Å². The van der Waals surface area contributed by atoms with Crippen LogP contribution in [0.3, 0.4) is 0 Å². The van der Waals surface area contributed by atoms with Crippen molar-refractivity contribution in [1.82, 2.24) is 9.62 Å². The Hall–Kier alpha value is -1.15. The molecule has 22 heavy (non-hydrogen) atoms. The van der Waals surface area contributed by atoms with E-state index in [0.717, 1.165) is 19.3 Å². The van der Waals surface area contributed by atoms with Gasteiger partial charge in [0.05, 0.1) is 4.90 Å². The molecule has 3 rings (SSSR count).